The Kier molecular flexibility index (Phi) is 5.33. The van der Waals surface area contributed by atoms with Gasteiger partial charge in [-0.2, -0.15) is 5.10 Å². The molecule has 2 aromatic heterocycles. The Labute approximate surface area is 154 Å². The van der Waals surface area contributed by atoms with E-state index in [-0.39, 0.29) is 5.56 Å². The van der Waals surface area contributed by atoms with E-state index in [9.17, 15) is 9.59 Å². The summed E-state index contributed by atoms with van der Waals surface area (Å²) in [4.78, 5) is 25.3. The van der Waals surface area contributed by atoms with Gasteiger partial charge in [0.15, 0.2) is 6.61 Å². The van der Waals surface area contributed by atoms with Crippen LogP contribution in [0, 0.1) is 6.92 Å². The van der Waals surface area contributed by atoms with Gasteiger partial charge in [0.25, 0.3) is 5.91 Å². The highest BCUT2D eigenvalue weighted by Crippen LogP contribution is 2.17. The number of amides is 1. The summed E-state index contributed by atoms with van der Waals surface area (Å²) in [5.41, 5.74) is 7.26. The van der Waals surface area contributed by atoms with Crippen LogP contribution in [-0.4, -0.2) is 28.3 Å². The molecule has 0 radical (unpaired) electrons. The number of para-hydroxylation sites is 1. The van der Waals surface area contributed by atoms with E-state index in [1.807, 2.05) is 17.5 Å². The van der Waals surface area contributed by atoms with Crippen LogP contribution in [0.15, 0.2) is 48.0 Å². The molecule has 3 rings (SSSR count). The van der Waals surface area contributed by atoms with E-state index < -0.39 is 18.5 Å². The lowest BCUT2D eigenvalue weighted by atomic mass is 10.1. The van der Waals surface area contributed by atoms with Crippen LogP contribution in [0.25, 0.3) is 0 Å². The second-order valence-electron chi connectivity index (χ2n) is 5.61. The van der Waals surface area contributed by atoms with E-state index in [1.54, 1.807) is 53.4 Å². The number of anilines is 2. The summed E-state index contributed by atoms with van der Waals surface area (Å²) in [6, 6.07) is 10.7. The van der Waals surface area contributed by atoms with Gasteiger partial charge in [-0.05, 0) is 30.0 Å². The molecule has 0 spiro atoms. The largest absolute Gasteiger partial charge is 0.452 e. The molecule has 0 atom stereocenters. The van der Waals surface area contributed by atoms with Gasteiger partial charge in [0.05, 0.1) is 18.3 Å². The Morgan fingerprint density at radius 1 is 1.27 bits per heavy atom. The zero-order valence-corrected chi connectivity index (χ0v) is 15.0. The smallest absolute Gasteiger partial charge is 0.340 e. The van der Waals surface area contributed by atoms with Crippen LogP contribution >= 0.6 is 11.3 Å². The molecule has 0 saturated carbocycles. The second-order valence-corrected chi connectivity index (χ2v) is 6.65. The van der Waals surface area contributed by atoms with Crippen LogP contribution in [0.1, 0.15) is 20.8 Å². The first-order valence-electron chi connectivity index (χ1n) is 7.91. The molecule has 0 fully saturated rings. The SMILES string of the molecule is Cc1cccc(C(=O)OCC(=O)Nc2ccnn2Cc2cccs2)c1N. The molecule has 0 unspecified atom stereocenters. The monoisotopic (exact) mass is 370 g/mol. The van der Waals surface area contributed by atoms with Crippen molar-refractivity contribution in [2.24, 2.45) is 0 Å². The minimum atomic E-state index is -0.631. The van der Waals surface area contributed by atoms with Gasteiger partial charge in [0, 0.05) is 16.6 Å². The average molecular weight is 370 g/mol. The number of carbonyl (C=O) groups excluding carboxylic acids is 2. The number of nitrogens with two attached hydrogens (primary N) is 1. The fraction of sp³-hybridized carbons (Fsp3) is 0.167. The van der Waals surface area contributed by atoms with Crippen LogP contribution in [0.4, 0.5) is 11.5 Å². The molecule has 0 aliphatic heterocycles. The van der Waals surface area contributed by atoms with Crippen LogP contribution < -0.4 is 11.1 Å². The van der Waals surface area contributed by atoms with Gasteiger partial charge in [-0.15, -0.1) is 11.3 Å². The maximum absolute atomic E-state index is 12.1. The van der Waals surface area contributed by atoms with Gasteiger partial charge in [0.2, 0.25) is 0 Å². The number of nitrogens with zero attached hydrogens (tertiary/aromatic N) is 2. The van der Waals surface area contributed by atoms with Crippen LogP contribution in [0.3, 0.4) is 0 Å². The molecule has 1 amide bonds. The van der Waals surface area contributed by atoms with Crippen molar-refractivity contribution in [3.63, 3.8) is 0 Å². The lowest BCUT2D eigenvalue weighted by Crippen LogP contribution is -2.23. The van der Waals surface area contributed by atoms with Crippen molar-refractivity contribution >= 4 is 34.7 Å². The number of esters is 1. The highest BCUT2D eigenvalue weighted by atomic mass is 32.1. The molecule has 8 heteroatoms. The number of nitrogens with one attached hydrogen (secondary N) is 1. The quantitative estimate of drug-likeness (QED) is 0.513. The number of hydrogen-bond acceptors (Lipinski definition) is 6. The molecular weight excluding hydrogens is 352 g/mol. The topological polar surface area (TPSA) is 99.2 Å². The first kappa shape index (κ1) is 17.7. The number of aryl methyl sites for hydroxylation is 1. The third kappa shape index (κ3) is 4.09. The molecule has 0 bridgehead atoms. The predicted molar refractivity (Wildman–Crippen MR) is 100 cm³/mol. The lowest BCUT2D eigenvalue weighted by molar-refractivity contribution is -0.119. The summed E-state index contributed by atoms with van der Waals surface area (Å²) < 4.78 is 6.73. The van der Waals surface area contributed by atoms with Crippen molar-refractivity contribution < 1.29 is 14.3 Å². The summed E-state index contributed by atoms with van der Waals surface area (Å²) in [7, 11) is 0. The third-order valence-electron chi connectivity index (χ3n) is 3.75. The number of rotatable bonds is 6. The molecular formula is C18H18N4O3S. The Morgan fingerprint density at radius 2 is 2.12 bits per heavy atom. The number of benzene rings is 1. The molecule has 134 valence electrons. The molecule has 2 heterocycles. The summed E-state index contributed by atoms with van der Waals surface area (Å²) in [6.07, 6.45) is 1.60. The molecule has 0 aliphatic rings. The first-order chi connectivity index (χ1) is 12.5. The Bertz CT molecular complexity index is 918. The van der Waals surface area contributed by atoms with Gasteiger partial charge in [-0.25, -0.2) is 9.48 Å². The van der Waals surface area contributed by atoms with E-state index in [1.165, 1.54) is 0 Å². The zero-order chi connectivity index (χ0) is 18.5. The Morgan fingerprint density at radius 3 is 2.88 bits per heavy atom. The minimum absolute atomic E-state index is 0.250. The second kappa shape index (κ2) is 7.83. The maximum Gasteiger partial charge on any atom is 0.340 e. The molecule has 0 aliphatic carbocycles. The number of carbonyl (C=O) groups is 2. The van der Waals surface area contributed by atoms with Crippen LogP contribution in [0.2, 0.25) is 0 Å². The van der Waals surface area contributed by atoms with E-state index >= 15 is 0 Å². The average Bonchev–Trinajstić information content (AvgIpc) is 3.28. The number of thiophene rings is 1. The van der Waals surface area contributed by atoms with E-state index in [2.05, 4.69) is 10.4 Å². The lowest BCUT2D eigenvalue weighted by Gasteiger charge is -2.10. The van der Waals surface area contributed by atoms with Gasteiger partial charge in [0.1, 0.15) is 5.82 Å². The van der Waals surface area contributed by atoms with Crippen molar-refractivity contribution in [1.82, 2.24) is 9.78 Å². The van der Waals surface area contributed by atoms with Crippen molar-refractivity contribution in [1.29, 1.82) is 0 Å². The van der Waals surface area contributed by atoms with E-state index in [0.717, 1.165) is 10.4 Å². The Balaban J connectivity index is 1.57. The van der Waals surface area contributed by atoms with Crippen molar-refractivity contribution in [2.45, 2.75) is 13.5 Å². The van der Waals surface area contributed by atoms with Crippen molar-refractivity contribution in [3.8, 4) is 0 Å². The third-order valence-corrected chi connectivity index (χ3v) is 4.61. The normalized spacial score (nSPS) is 10.5. The zero-order valence-electron chi connectivity index (χ0n) is 14.1. The molecule has 7 nitrogen and oxygen atoms in total. The van der Waals surface area contributed by atoms with Gasteiger partial charge >= 0.3 is 5.97 Å². The van der Waals surface area contributed by atoms with Gasteiger partial charge < -0.3 is 15.8 Å². The fourth-order valence-electron chi connectivity index (χ4n) is 2.36. The molecule has 3 N–H and O–H groups in total. The summed E-state index contributed by atoms with van der Waals surface area (Å²) in [6.45, 7) is 1.95. The number of nitrogen functional groups attached to an aromatic ring is 1. The van der Waals surface area contributed by atoms with Crippen molar-refractivity contribution in [3.05, 3.63) is 64.0 Å². The molecule has 26 heavy (non-hydrogen) atoms. The summed E-state index contributed by atoms with van der Waals surface area (Å²) in [5.74, 6) is -0.541. The first-order valence-corrected chi connectivity index (χ1v) is 8.79. The fourth-order valence-corrected chi connectivity index (χ4v) is 3.05. The summed E-state index contributed by atoms with van der Waals surface area (Å²) >= 11 is 1.61. The molecule has 0 saturated heterocycles. The standard InChI is InChI=1S/C18H18N4O3S/c1-12-4-2-6-14(17(12)19)18(24)25-11-16(23)21-15-7-8-20-22(15)10-13-5-3-9-26-13/h2-9H,10-11,19H2,1H3,(H,21,23). The molecule has 1 aromatic carbocycles. The van der Waals surface area contributed by atoms with Gasteiger partial charge in [-0.1, -0.05) is 18.2 Å². The van der Waals surface area contributed by atoms with E-state index in [0.29, 0.717) is 18.1 Å². The van der Waals surface area contributed by atoms with Crippen molar-refractivity contribution in [2.75, 3.05) is 17.7 Å². The van der Waals surface area contributed by atoms with Crippen LogP contribution in [-0.2, 0) is 16.1 Å². The minimum Gasteiger partial charge on any atom is -0.452 e. The van der Waals surface area contributed by atoms with E-state index in [4.69, 9.17) is 10.5 Å². The van der Waals surface area contributed by atoms with Crippen LogP contribution in [0.5, 0.6) is 0 Å². The Hall–Kier alpha value is -3.13. The summed E-state index contributed by atoms with van der Waals surface area (Å²) in [5, 5.41) is 8.87. The number of hydrogen-bond donors (Lipinski definition) is 2. The number of aromatic nitrogens is 2. The maximum atomic E-state index is 12.1. The highest BCUT2D eigenvalue weighted by molar-refractivity contribution is 7.09. The predicted octanol–water partition coefficient (Wildman–Crippen LogP) is 2.68. The number of ether oxygens (including phenoxy) is 1. The molecule has 3 aromatic rings. The van der Waals surface area contributed by atoms with Gasteiger partial charge in [-0.3, -0.25) is 4.79 Å². The highest BCUT2D eigenvalue weighted by Gasteiger charge is 2.15.